The molecule has 6 heteroatoms. The van der Waals surface area contributed by atoms with Crippen molar-refractivity contribution in [2.45, 2.75) is 45.3 Å². The Hall–Kier alpha value is -1.69. The zero-order chi connectivity index (χ0) is 17.6. The Morgan fingerprint density at radius 2 is 2.08 bits per heavy atom. The van der Waals surface area contributed by atoms with Crippen LogP contribution >= 0.6 is 22.9 Å². The van der Waals surface area contributed by atoms with Gasteiger partial charge in [-0.05, 0) is 44.4 Å². The predicted octanol–water partition coefficient (Wildman–Crippen LogP) is 4.44. The van der Waals surface area contributed by atoms with Crippen LogP contribution in [0.3, 0.4) is 0 Å². The maximum Gasteiger partial charge on any atom is 0.259 e. The average molecular weight is 374 g/mol. The van der Waals surface area contributed by atoms with Crippen LogP contribution in [-0.2, 0) is 6.54 Å². The van der Waals surface area contributed by atoms with Gasteiger partial charge in [0.2, 0.25) is 0 Å². The number of fused-ring (bicyclic) bond motifs is 1. The van der Waals surface area contributed by atoms with Gasteiger partial charge in [0, 0.05) is 40.8 Å². The van der Waals surface area contributed by atoms with Gasteiger partial charge >= 0.3 is 0 Å². The van der Waals surface area contributed by atoms with Crippen molar-refractivity contribution in [3.8, 4) is 0 Å². The molecular weight excluding hydrogens is 354 g/mol. The third-order valence-electron chi connectivity index (χ3n) is 4.84. The van der Waals surface area contributed by atoms with Crippen molar-refractivity contribution in [2.24, 2.45) is 0 Å². The van der Waals surface area contributed by atoms with Gasteiger partial charge < -0.3 is 0 Å². The van der Waals surface area contributed by atoms with Crippen LogP contribution in [-0.4, -0.2) is 20.3 Å². The SMILES string of the molecule is Cc1csc2nc(CN(C3CC3)C(C)c3ccc(Cl)cc3)cc(=O)n12. The van der Waals surface area contributed by atoms with Gasteiger partial charge in [-0.2, -0.15) is 0 Å². The first-order valence-corrected chi connectivity index (χ1v) is 9.76. The molecule has 25 heavy (non-hydrogen) atoms. The van der Waals surface area contributed by atoms with E-state index in [0.717, 1.165) is 21.4 Å². The molecule has 3 aromatic rings. The number of hydrogen-bond acceptors (Lipinski definition) is 4. The Kier molecular flexibility index (Phi) is 4.40. The van der Waals surface area contributed by atoms with Crippen LogP contribution in [0.2, 0.25) is 5.02 Å². The second-order valence-electron chi connectivity index (χ2n) is 6.71. The van der Waals surface area contributed by atoms with Gasteiger partial charge in [-0.25, -0.2) is 4.98 Å². The van der Waals surface area contributed by atoms with Gasteiger partial charge in [0.25, 0.3) is 5.56 Å². The molecule has 1 fully saturated rings. The first-order chi connectivity index (χ1) is 12.0. The predicted molar refractivity (Wildman–Crippen MR) is 103 cm³/mol. The van der Waals surface area contributed by atoms with Crippen molar-refractivity contribution in [2.75, 3.05) is 0 Å². The smallest absolute Gasteiger partial charge is 0.259 e. The zero-order valence-electron chi connectivity index (χ0n) is 14.3. The monoisotopic (exact) mass is 373 g/mol. The Morgan fingerprint density at radius 1 is 1.36 bits per heavy atom. The van der Waals surface area contributed by atoms with E-state index in [-0.39, 0.29) is 11.6 Å². The summed E-state index contributed by atoms with van der Waals surface area (Å²) in [5.74, 6) is 0. The minimum absolute atomic E-state index is 0.00800. The van der Waals surface area contributed by atoms with Crippen LogP contribution in [0.15, 0.2) is 40.5 Å². The van der Waals surface area contributed by atoms with E-state index in [1.165, 1.54) is 29.7 Å². The molecular formula is C19H20ClN3OS. The fourth-order valence-corrected chi connectivity index (χ4v) is 4.31. The largest absolute Gasteiger partial charge is 0.288 e. The first-order valence-electron chi connectivity index (χ1n) is 8.51. The minimum Gasteiger partial charge on any atom is -0.288 e. The summed E-state index contributed by atoms with van der Waals surface area (Å²) in [5, 5.41) is 2.73. The molecule has 0 bridgehead atoms. The first kappa shape index (κ1) is 16.8. The van der Waals surface area contributed by atoms with E-state index in [4.69, 9.17) is 16.6 Å². The molecule has 4 nitrogen and oxygen atoms in total. The lowest BCUT2D eigenvalue weighted by molar-refractivity contribution is 0.188. The fraction of sp³-hybridized carbons (Fsp3) is 0.368. The lowest BCUT2D eigenvalue weighted by atomic mass is 10.1. The molecule has 2 aromatic heterocycles. The average Bonchev–Trinajstić information content (AvgIpc) is 3.36. The quantitative estimate of drug-likeness (QED) is 0.663. The van der Waals surface area contributed by atoms with Gasteiger partial charge in [0.1, 0.15) is 0 Å². The van der Waals surface area contributed by atoms with E-state index in [0.29, 0.717) is 12.6 Å². The molecule has 1 unspecified atom stereocenters. The van der Waals surface area contributed by atoms with Gasteiger partial charge in [0.05, 0.1) is 5.69 Å². The van der Waals surface area contributed by atoms with Crippen LogP contribution in [0.1, 0.15) is 42.8 Å². The summed E-state index contributed by atoms with van der Waals surface area (Å²) in [7, 11) is 0. The number of rotatable bonds is 5. The summed E-state index contributed by atoms with van der Waals surface area (Å²) in [6, 6.07) is 10.5. The van der Waals surface area contributed by atoms with Crippen molar-refractivity contribution < 1.29 is 0 Å². The van der Waals surface area contributed by atoms with E-state index < -0.39 is 0 Å². The molecule has 1 saturated carbocycles. The van der Waals surface area contributed by atoms with E-state index in [1.807, 2.05) is 24.4 Å². The lowest BCUT2D eigenvalue weighted by Gasteiger charge is -2.29. The van der Waals surface area contributed by atoms with Crippen LogP contribution in [0.4, 0.5) is 0 Å². The number of thiazole rings is 1. The van der Waals surface area contributed by atoms with Crippen LogP contribution < -0.4 is 5.56 Å². The molecule has 1 aliphatic carbocycles. The number of hydrogen-bond donors (Lipinski definition) is 0. The Labute approximate surface area is 155 Å². The topological polar surface area (TPSA) is 37.6 Å². The van der Waals surface area contributed by atoms with Crippen LogP contribution in [0.25, 0.3) is 4.96 Å². The maximum atomic E-state index is 12.4. The lowest BCUT2D eigenvalue weighted by Crippen LogP contribution is -2.30. The van der Waals surface area contributed by atoms with Crippen molar-refractivity contribution >= 4 is 27.9 Å². The highest BCUT2D eigenvalue weighted by Crippen LogP contribution is 2.35. The number of halogens is 1. The summed E-state index contributed by atoms with van der Waals surface area (Å²) in [4.78, 5) is 20.4. The molecule has 0 aliphatic heterocycles. The molecule has 4 rings (SSSR count). The number of nitrogens with zero attached hydrogens (tertiary/aromatic N) is 3. The van der Waals surface area contributed by atoms with Crippen molar-refractivity contribution in [3.05, 3.63) is 68.0 Å². The maximum absolute atomic E-state index is 12.4. The summed E-state index contributed by atoms with van der Waals surface area (Å²) in [5.41, 5.74) is 3.03. The molecule has 130 valence electrons. The Morgan fingerprint density at radius 3 is 2.76 bits per heavy atom. The van der Waals surface area contributed by atoms with E-state index in [9.17, 15) is 4.79 Å². The van der Waals surface area contributed by atoms with Crippen molar-refractivity contribution in [1.29, 1.82) is 0 Å². The van der Waals surface area contributed by atoms with Crippen molar-refractivity contribution in [3.63, 3.8) is 0 Å². The normalized spacial score (nSPS) is 15.8. The molecule has 2 heterocycles. The van der Waals surface area contributed by atoms with E-state index in [2.05, 4.69) is 24.0 Å². The van der Waals surface area contributed by atoms with E-state index >= 15 is 0 Å². The second kappa shape index (κ2) is 6.56. The van der Waals surface area contributed by atoms with Crippen LogP contribution in [0, 0.1) is 6.92 Å². The molecule has 0 spiro atoms. The molecule has 1 aromatic carbocycles. The number of benzene rings is 1. The van der Waals surface area contributed by atoms with Crippen LogP contribution in [0.5, 0.6) is 0 Å². The summed E-state index contributed by atoms with van der Waals surface area (Å²) in [6.07, 6.45) is 2.41. The highest BCUT2D eigenvalue weighted by molar-refractivity contribution is 7.15. The fourth-order valence-electron chi connectivity index (χ4n) is 3.29. The second-order valence-corrected chi connectivity index (χ2v) is 7.98. The van der Waals surface area contributed by atoms with Gasteiger partial charge in [-0.1, -0.05) is 23.7 Å². The molecule has 0 amide bonds. The van der Waals surface area contributed by atoms with Gasteiger partial charge in [-0.3, -0.25) is 14.1 Å². The number of aryl methyl sites for hydroxylation is 1. The van der Waals surface area contributed by atoms with Gasteiger partial charge in [0.15, 0.2) is 4.96 Å². The minimum atomic E-state index is 0.00800. The zero-order valence-corrected chi connectivity index (χ0v) is 15.8. The standard InChI is InChI=1S/C19H20ClN3OS/c1-12-11-25-19-21-16(9-18(24)23(12)19)10-22(17-7-8-17)13(2)14-3-5-15(20)6-4-14/h3-6,9,11,13,17H,7-8,10H2,1-2H3. The highest BCUT2D eigenvalue weighted by atomic mass is 35.5. The van der Waals surface area contributed by atoms with Gasteiger partial charge in [-0.15, -0.1) is 11.3 Å². The number of aromatic nitrogens is 2. The third-order valence-corrected chi connectivity index (χ3v) is 6.03. The third kappa shape index (κ3) is 3.36. The molecule has 0 saturated heterocycles. The molecule has 1 aliphatic rings. The van der Waals surface area contributed by atoms with Crippen molar-refractivity contribution in [1.82, 2.24) is 14.3 Å². The Bertz CT molecular complexity index is 959. The summed E-state index contributed by atoms with van der Waals surface area (Å²) in [6.45, 7) is 4.84. The molecule has 0 radical (unpaired) electrons. The summed E-state index contributed by atoms with van der Waals surface area (Å²) < 4.78 is 1.68. The highest BCUT2D eigenvalue weighted by Gasteiger charge is 2.33. The van der Waals surface area contributed by atoms with E-state index in [1.54, 1.807) is 10.5 Å². The Balaban J connectivity index is 1.64. The molecule has 0 N–H and O–H groups in total. The summed E-state index contributed by atoms with van der Waals surface area (Å²) >= 11 is 7.53. The molecule has 1 atom stereocenters.